The normalized spacial score (nSPS) is 10.6. The minimum Gasteiger partial charge on any atom is -0.308 e. The van der Waals surface area contributed by atoms with E-state index >= 15 is 0 Å². The van der Waals surface area contributed by atoms with Gasteiger partial charge in [0.05, 0.1) is 0 Å². The molecule has 0 atom stereocenters. The second-order valence-electron chi connectivity index (χ2n) is 4.79. The van der Waals surface area contributed by atoms with Crippen LogP contribution in [0, 0.1) is 5.82 Å². The SMILES string of the molecule is C=CCN(C(=O)C/C=C/c1ccc(F)cc1)c1ccccc1. The maximum absolute atomic E-state index is 12.8. The van der Waals surface area contributed by atoms with Gasteiger partial charge in [-0.3, -0.25) is 4.79 Å². The predicted octanol–water partition coefficient (Wildman–Crippen LogP) is 4.45. The minimum atomic E-state index is -0.269. The van der Waals surface area contributed by atoms with Gasteiger partial charge in [0.1, 0.15) is 5.82 Å². The van der Waals surface area contributed by atoms with Crippen molar-refractivity contribution in [1.82, 2.24) is 0 Å². The Bertz CT molecular complexity index is 647. The molecule has 2 aromatic carbocycles. The third-order valence-electron chi connectivity index (χ3n) is 3.15. The maximum Gasteiger partial charge on any atom is 0.231 e. The van der Waals surface area contributed by atoms with Gasteiger partial charge in [-0.05, 0) is 29.8 Å². The summed E-state index contributed by atoms with van der Waals surface area (Å²) in [6.45, 7) is 4.16. The second-order valence-corrected chi connectivity index (χ2v) is 4.79. The largest absolute Gasteiger partial charge is 0.308 e. The number of carbonyl (C=O) groups is 1. The van der Waals surface area contributed by atoms with E-state index in [1.807, 2.05) is 36.4 Å². The minimum absolute atomic E-state index is 0.00976. The molecular weight excluding hydrogens is 277 g/mol. The number of para-hydroxylation sites is 1. The number of nitrogens with zero attached hydrogens (tertiary/aromatic N) is 1. The molecule has 0 aliphatic heterocycles. The van der Waals surface area contributed by atoms with Crippen LogP contribution in [0.4, 0.5) is 10.1 Å². The lowest BCUT2D eigenvalue weighted by Gasteiger charge is -2.20. The standard InChI is InChI=1S/C19H18FNO/c1-2-15-21(18-8-4-3-5-9-18)19(22)10-6-7-16-11-13-17(20)14-12-16/h2-9,11-14H,1,10,15H2/b7-6+. The van der Waals surface area contributed by atoms with Crippen molar-refractivity contribution in [3.05, 3.63) is 84.7 Å². The van der Waals surface area contributed by atoms with Crippen LogP contribution >= 0.6 is 0 Å². The molecule has 0 fully saturated rings. The highest BCUT2D eigenvalue weighted by Crippen LogP contribution is 2.15. The fraction of sp³-hybridized carbons (Fsp3) is 0.105. The van der Waals surface area contributed by atoms with Crippen molar-refractivity contribution in [2.24, 2.45) is 0 Å². The zero-order valence-electron chi connectivity index (χ0n) is 12.3. The average molecular weight is 295 g/mol. The van der Waals surface area contributed by atoms with E-state index in [9.17, 15) is 9.18 Å². The number of anilines is 1. The molecule has 0 bridgehead atoms. The molecule has 0 saturated heterocycles. The van der Waals surface area contributed by atoms with E-state index in [1.54, 1.807) is 29.2 Å². The lowest BCUT2D eigenvalue weighted by Crippen LogP contribution is -2.30. The monoisotopic (exact) mass is 295 g/mol. The highest BCUT2D eigenvalue weighted by atomic mass is 19.1. The highest BCUT2D eigenvalue weighted by molar-refractivity contribution is 5.94. The molecule has 1 amide bonds. The van der Waals surface area contributed by atoms with Crippen molar-refractivity contribution in [2.75, 3.05) is 11.4 Å². The Balaban J connectivity index is 2.02. The molecular formula is C19H18FNO. The molecule has 0 heterocycles. The Morgan fingerprint density at radius 3 is 2.41 bits per heavy atom. The fourth-order valence-electron chi connectivity index (χ4n) is 2.07. The van der Waals surface area contributed by atoms with Gasteiger partial charge in [-0.2, -0.15) is 0 Å². The van der Waals surface area contributed by atoms with Gasteiger partial charge in [0, 0.05) is 18.7 Å². The molecule has 3 heteroatoms. The van der Waals surface area contributed by atoms with E-state index in [2.05, 4.69) is 6.58 Å². The number of benzene rings is 2. The summed E-state index contributed by atoms with van der Waals surface area (Å²) in [5.41, 5.74) is 1.71. The van der Waals surface area contributed by atoms with E-state index in [1.165, 1.54) is 12.1 Å². The van der Waals surface area contributed by atoms with Crippen LogP contribution < -0.4 is 4.90 Å². The summed E-state index contributed by atoms with van der Waals surface area (Å²) in [6, 6.07) is 15.6. The van der Waals surface area contributed by atoms with Crippen molar-refractivity contribution >= 4 is 17.7 Å². The summed E-state index contributed by atoms with van der Waals surface area (Å²) >= 11 is 0. The second kappa shape index (κ2) is 7.93. The number of carbonyl (C=O) groups excluding carboxylic acids is 1. The van der Waals surface area contributed by atoms with Gasteiger partial charge in [-0.15, -0.1) is 6.58 Å². The fourth-order valence-corrected chi connectivity index (χ4v) is 2.07. The van der Waals surface area contributed by atoms with Gasteiger partial charge in [0.25, 0.3) is 0 Å². The predicted molar refractivity (Wildman–Crippen MR) is 89.0 cm³/mol. The molecule has 0 unspecified atom stereocenters. The highest BCUT2D eigenvalue weighted by Gasteiger charge is 2.12. The van der Waals surface area contributed by atoms with E-state index in [0.717, 1.165) is 11.3 Å². The smallest absolute Gasteiger partial charge is 0.231 e. The Morgan fingerprint density at radius 1 is 1.09 bits per heavy atom. The van der Waals surface area contributed by atoms with E-state index in [4.69, 9.17) is 0 Å². The van der Waals surface area contributed by atoms with Gasteiger partial charge in [0.2, 0.25) is 5.91 Å². The van der Waals surface area contributed by atoms with Gasteiger partial charge >= 0.3 is 0 Å². The van der Waals surface area contributed by atoms with Crippen molar-refractivity contribution < 1.29 is 9.18 Å². The van der Waals surface area contributed by atoms with Crippen molar-refractivity contribution in [3.8, 4) is 0 Å². The van der Waals surface area contributed by atoms with Crippen LogP contribution in [-0.2, 0) is 4.79 Å². The van der Waals surface area contributed by atoms with Gasteiger partial charge in [-0.25, -0.2) is 4.39 Å². The van der Waals surface area contributed by atoms with E-state index < -0.39 is 0 Å². The molecule has 0 saturated carbocycles. The van der Waals surface area contributed by atoms with Crippen LogP contribution in [0.25, 0.3) is 6.08 Å². The van der Waals surface area contributed by atoms with E-state index in [-0.39, 0.29) is 18.1 Å². The van der Waals surface area contributed by atoms with Crippen LogP contribution in [0.5, 0.6) is 0 Å². The molecule has 22 heavy (non-hydrogen) atoms. The zero-order valence-corrected chi connectivity index (χ0v) is 12.3. The third kappa shape index (κ3) is 4.42. The summed E-state index contributed by atoms with van der Waals surface area (Å²) < 4.78 is 12.8. The Hall–Kier alpha value is -2.68. The molecule has 0 aromatic heterocycles. The lowest BCUT2D eigenvalue weighted by atomic mass is 10.2. The van der Waals surface area contributed by atoms with Crippen LogP contribution in [0.15, 0.2) is 73.3 Å². The lowest BCUT2D eigenvalue weighted by molar-refractivity contribution is -0.117. The van der Waals surface area contributed by atoms with Gasteiger partial charge in [0.15, 0.2) is 0 Å². The van der Waals surface area contributed by atoms with Crippen LogP contribution in [-0.4, -0.2) is 12.5 Å². The van der Waals surface area contributed by atoms with Gasteiger partial charge < -0.3 is 4.90 Å². The third-order valence-corrected chi connectivity index (χ3v) is 3.15. The first-order valence-corrected chi connectivity index (χ1v) is 7.09. The van der Waals surface area contributed by atoms with Crippen molar-refractivity contribution in [1.29, 1.82) is 0 Å². The summed E-state index contributed by atoms with van der Waals surface area (Å²) in [7, 11) is 0. The van der Waals surface area contributed by atoms with Crippen LogP contribution in [0.1, 0.15) is 12.0 Å². The van der Waals surface area contributed by atoms with E-state index in [0.29, 0.717) is 6.54 Å². The van der Waals surface area contributed by atoms with Crippen molar-refractivity contribution in [3.63, 3.8) is 0 Å². The Labute approximate surface area is 130 Å². The Kier molecular flexibility index (Phi) is 5.66. The molecule has 0 N–H and O–H groups in total. The number of rotatable bonds is 6. The first kappa shape index (κ1) is 15.7. The van der Waals surface area contributed by atoms with Gasteiger partial charge in [-0.1, -0.05) is 48.6 Å². The number of hydrogen-bond acceptors (Lipinski definition) is 1. The first-order valence-electron chi connectivity index (χ1n) is 7.09. The molecule has 0 radical (unpaired) electrons. The Morgan fingerprint density at radius 2 is 1.77 bits per heavy atom. The van der Waals surface area contributed by atoms with Crippen LogP contribution in [0.2, 0.25) is 0 Å². The maximum atomic E-state index is 12.8. The molecule has 0 spiro atoms. The number of hydrogen-bond donors (Lipinski definition) is 0. The quantitative estimate of drug-likeness (QED) is 0.721. The molecule has 112 valence electrons. The number of amides is 1. The average Bonchev–Trinajstić information content (AvgIpc) is 2.55. The number of halogens is 1. The summed E-state index contributed by atoms with van der Waals surface area (Å²) in [5, 5.41) is 0. The molecule has 2 nitrogen and oxygen atoms in total. The molecule has 0 aliphatic rings. The van der Waals surface area contributed by atoms with Crippen molar-refractivity contribution in [2.45, 2.75) is 6.42 Å². The van der Waals surface area contributed by atoms with Crippen LogP contribution in [0.3, 0.4) is 0 Å². The zero-order chi connectivity index (χ0) is 15.8. The molecule has 2 rings (SSSR count). The summed E-state index contributed by atoms with van der Waals surface area (Å²) in [5.74, 6) is -0.279. The molecule has 0 aliphatic carbocycles. The molecule has 2 aromatic rings. The first-order chi connectivity index (χ1) is 10.7. The summed E-state index contributed by atoms with van der Waals surface area (Å²) in [6.07, 6.45) is 5.58. The summed E-state index contributed by atoms with van der Waals surface area (Å²) in [4.78, 5) is 14.0. The topological polar surface area (TPSA) is 20.3 Å².